The van der Waals surface area contributed by atoms with Crippen molar-refractivity contribution in [3.63, 3.8) is 0 Å². The van der Waals surface area contributed by atoms with E-state index in [1.54, 1.807) is 11.8 Å². The Balaban J connectivity index is 2.39. The summed E-state index contributed by atoms with van der Waals surface area (Å²) in [6.07, 6.45) is 1.58. The summed E-state index contributed by atoms with van der Waals surface area (Å²) < 4.78 is 5.49. The molecular formula is C13H23N3O2S. The van der Waals surface area contributed by atoms with Gasteiger partial charge in [0.1, 0.15) is 5.76 Å². The number of hydrogen-bond acceptors (Lipinski definition) is 5. The van der Waals surface area contributed by atoms with Crippen LogP contribution in [0.25, 0.3) is 0 Å². The van der Waals surface area contributed by atoms with Crippen molar-refractivity contribution < 1.29 is 9.21 Å². The Morgan fingerprint density at radius 3 is 2.68 bits per heavy atom. The minimum Gasteiger partial charge on any atom is -0.437 e. The van der Waals surface area contributed by atoms with Crippen LogP contribution in [0, 0.1) is 13.8 Å². The van der Waals surface area contributed by atoms with E-state index in [0.29, 0.717) is 11.6 Å². The van der Waals surface area contributed by atoms with Crippen LogP contribution in [-0.2, 0) is 4.79 Å². The first-order valence-corrected chi connectivity index (χ1v) is 7.49. The van der Waals surface area contributed by atoms with E-state index in [-0.39, 0.29) is 5.91 Å². The van der Waals surface area contributed by atoms with Gasteiger partial charge < -0.3 is 15.5 Å². The number of nitrogens with one attached hydrogen (secondary N) is 1. The average Bonchev–Trinajstić information content (AvgIpc) is 2.65. The molecule has 1 rings (SSSR count). The standard InChI is InChI=1S/C13H23N3O2S/c1-5-15-13(4,11(14)17)7-6-8-19-12-16-9(2)10(3)18-12/h15H,5-8H2,1-4H3,(H2,14,17). The number of oxazole rings is 1. The van der Waals surface area contributed by atoms with Gasteiger partial charge in [-0.2, -0.15) is 0 Å². The summed E-state index contributed by atoms with van der Waals surface area (Å²) in [6.45, 7) is 8.38. The third-order valence-corrected chi connectivity index (χ3v) is 4.08. The molecule has 0 aromatic carbocycles. The van der Waals surface area contributed by atoms with Crippen LogP contribution in [0.4, 0.5) is 0 Å². The van der Waals surface area contributed by atoms with E-state index >= 15 is 0 Å². The first-order valence-electron chi connectivity index (χ1n) is 6.51. The molecule has 1 aromatic heterocycles. The second kappa shape index (κ2) is 6.96. The molecule has 0 aliphatic rings. The van der Waals surface area contributed by atoms with Crippen LogP contribution >= 0.6 is 11.8 Å². The minimum absolute atomic E-state index is 0.304. The Morgan fingerprint density at radius 2 is 2.21 bits per heavy atom. The maximum Gasteiger partial charge on any atom is 0.256 e. The fourth-order valence-corrected chi connectivity index (χ4v) is 2.63. The molecule has 1 unspecified atom stereocenters. The molecule has 6 heteroatoms. The zero-order valence-corrected chi connectivity index (χ0v) is 12.9. The minimum atomic E-state index is -0.627. The van der Waals surface area contributed by atoms with Gasteiger partial charge in [0.25, 0.3) is 5.22 Å². The van der Waals surface area contributed by atoms with Crippen molar-refractivity contribution >= 4 is 17.7 Å². The molecule has 3 N–H and O–H groups in total. The second-order valence-corrected chi connectivity index (χ2v) is 5.85. The van der Waals surface area contributed by atoms with Crippen LogP contribution in [0.1, 0.15) is 38.1 Å². The molecule has 0 spiro atoms. The van der Waals surface area contributed by atoms with Crippen molar-refractivity contribution in [2.45, 2.75) is 51.3 Å². The zero-order chi connectivity index (χ0) is 14.5. The van der Waals surface area contributed by atoms with E-state index in [2.05, 4.69) is 10.3 Å². The van der Waals surface area contributed by atoms with Gasteiger partial charge in [0.15, 0.2) is 0 Å². The number of nitrogens with zero attached hydrogens (tertiary/aromatic N) is 1. The number of aromatic nitrogens is 1. The summed E-state index contributed by atoms with van der Waals surface area (Å²) in [4.78, 5) is 15.8. The van der Waals surface area contributed by atoms with Crippen LogP contribution in [-0.4, -0.2) is 28.7 Å². The molecule has 0 aliphatic heterocycles. The lowest BCUT2D eigenvalue weighted by molar-refractivity contribution is -0.124. The number of carbonyl (C=O) groups excluding carboxylic acids is 1. The Kier molecular flexibility index (Phi) is 5.87. The molecule has 19 heavy (non-hydrogen) atoms. The van der Waals surface area contributed by atoms with Gasteiger partial charge >= 0.3 is 0 Å². The van der Waals surface area contributed by atoms with Gasteiger partial charge in [-0.05, 0) is 40.2 Å². The molecule has 1 aromatic rings. The number of hydrogen-bond donors (Lipinski definition) is 2. The van der Waals surface area contributed by atoms with E-state index in [4.69, 9.17) is 10.2 Å². The average molecular weight is 285 g/mol. The molecule has 108 valence electrons. The SMILES string of the molecule is CCNC(C)(CCCSc1nc(C)c(C)o1)C(N)=O. The molecule has 5 nitrogen and oxygen atoms in total. The largest absolute Gasteiger partial charge is 0.437 e. The van der Waals surface area contributed by atoms with Gasteiger partial charge in [0.2, 0.25) is 5.91 Å². The molecule has 0 fully saturated rings. The van der Waals surface area contributed by atoms with Crippen molar-refractivity contribution in [2.75, 3.05) is 12.3 Å². The third kappa shape index (κ3) is 4.54. The van der Waals surface area contributed by atoms with Crippen molar-refractivity contribution in [1.29, 1.82) is 0 Å². The van der Waals surface area contributed by atoms with Gasteiger partial charge in [-0.15, -0.1) is 0 Å². The molecule has 0 bridgehead atoms. The monoisotopic (exact) mass is 285 g/mol. The lowest BCUT2D eigenvalue weighted by atomic mass is 9.95. The van der Waals surface area contributed by atoms with Crippen molar-refractivity contribution in [2.24, 2.45) is 5.73 Å². The Morgan fingerprint density at radius 1 is 1.53 bits per heavy atom. The van der Waals surface area contributed by atoms with E-state index < -0.39 is 5.54 Å². The Labute approximate surface area is 118 Å². The highest BCUT2D eigenvalue weighted by Gasteiger charge is 2.29. The van der Waals surface area contributed by atoms with Crippen LogP contribution in [0.3, 0.4) is 0 Å². The maximum absolute atomic E-state index is 11.4. The molecule has 0 saturated carbocycles. The number of carbonyl (C=O) groups is 1. The van der Waals surface area contributed by atoms with Gasteiger partial charge in [0.05, 0.1) is 11.2 Å². The number of thioether (sulfide) groups is 1. The van der Waals surface area contributed by atoms with E-state index in [1.165, 1.54) is 0 Å². The number of primary amides is 1. The van der Waals surface area contributed by atoms with Gasteiger partial charge in [0, 0.05) is 5.75 Å². The summed E-state index contributed by atoms with van der Waals surface area (Å²) in [7, 11) is 0. The first kappa shape index (κ1) is 16.0. The van der Waals surface area contributed by atoms with E-state index in [9.17, 15) is 4.79 Å². The summed E-state index contributed by atoms with van der Waals surface area (Å²) in [5.41, 5.74) is 5.74. The lowest BCUT2D eigenvalue weighted by Gasteiger charge is -2.26. The smallest absolute Gasteiger partial charge is 0.256 e. The first-order chi connectivity index (χ1) is 8.89. The highest BCUT2D eigenvalue weighted by atomic mass is 32.2. The molecular weight excluding hydrogens is 262 g/mol. The zero-order valence-electron chi connectivity index (χ0n) is 12.1. The normalized spacial score (nSPS) is 14.3. The van der Waals surface area contributed by atoms with Gasteiger partial charge in [-0.25, -0.2) is 4.98 Å². The molecule has 1 amide bonds. The van der Waals surface area contributed by atoms with Crippen molar-refractivity contribution in [3.8, 4) is 0 Å². The molecule has 0 saturated heterocycles. The van der Waals surface area contributed by atoms with Crippen molar-refractivity contribution in [3.05, 3.63) is 11.5 Å². The molecule has 1 heterocycles. The number of rotatable bonds is 8. The van der Waals surface area contributed by atoms with Crippen LogP contribution in [0.2, 0.25) is 0 Å². The van der Waals surface area contributed by atoms with Crippen LogP contribution in [0.5, 0.6) is 0 Å². The molecule has 0 radical (unpaired) electrons. The van der Waals surface area contributed by atoms with Gasteiger partial charge in [-0.1, -0.05) is 18.7 Å². The lowest BCUT2D eigenvalue weighted by Crippen LogP contribution is -2.53. The predicted molar refractivity (Wildman–Crippen MR) is 77.2 cm³/mol. The number of aryl methyl sites for hydroxylation is 2. The van der Waals surface area contributed by atoms with E-state index in [1.807, 2.05) is 27.7 Å². The predicted octanol–water partition coefficient (Wildman–Crippen LogP) is 2.02. The highest BCUT2D eigenvalue weighted by Crippen LogP contribution is 2.22. The van der Waals surface area contributed by atoms with Crippen LogP contribution in [0.15, 0.2) is 9.64 Å². The van der Waals surface area contributed by atoms with E-state index in [0.717, 1.165) is 30.2 Å². The Bertz CT molecular complexity index is 414. The summed E-state index contributed by atoms with van der Waals surface area (Å²) in [6, 6.07) is 0. The molecule has 0 aliphatic carbocycles. The summed E-state index contributed by atoms with van der Waals surface area (Å²) in [5.74, 6) is 1.41. The van der Waals surface area contributed by atoms with Gasteiger partial charge in [-0.3, -0.25) is 4.79 Å². The highest BCUT2D eigenvalue weighted by molar-refractivity contribution is 7.99. The topological polar surface area (TPSA) is 81.2 Å². The Hall–Kier alpha value is -1.01. The number of amides is 1. The number of nitrogens with two attached hydrogens (primary N) is 1. The quantitative estimate of drug-likeness (QED) is 0.564. The second-order valence-electron chi connectivity index (χ2n) is 4.80. The fraction of sp³-hybridized carbons (Fsp3) is 0.692. The molecule has 1 atom stereocenters. The van der Waals surface area contributed by atoms with Crippen LogP contribution < -0.4 is 11.1 Å². The fourth-order valence-electron chi connectivity index (χ4n) is 1.78. The summed E-state index contributed by atoms with van der Waals surface area (Å²) >= 11 is 1.57. The summed E-state index contributed by atoms with van der Waals surface area (Å²) in [5, 5.41) is 3.84. The number of likely N-dealkylation sites (N-methyl/N-ethyl adjacent to an activating group) is 1. The maximum atomic E-state index is 11.4. The third-order valence-electron chi connectivity index (χ3n) is 3.17. The van der Waals surface area contributed by atoms with Crippen molar-refractivity contribution in [1.82, 2.24) is 10.3 Å².